The molecule has 0 aliphatic rings. The van der Waals surface area contributed by atoms with Crippen LogP contribution in [0.2, 0.25) is 0 Å². The molecule has 0 saturated heterocycles. The van der Waals surface area contributed by atoms with Crippen LogP contribution in [0.15, 0.2) is 0 Å². The van der Waals surface area contributed by atoms with Crippen LogP contribution in [-0.2, 0) is 4.79 Å². The molecule has 0 saturated carbocycles. The van der Waals surface area contributed by atoms with Gasteiger partial charge in [0.25, 0.3) is 0 Å². The van der Waals surface area contributed by atoms with Crippen molar-refractivity contribution in [3.63, 3.8) is 0 Å². The molecule has 1 amide bonds. The molecule has 0 aromatic heterocycles. The molecule has 44 valence electrons. The van der Waals surface area contributed by atoms with Crippen molar-refractivity contribution in [2.24, 2.45) is 5.73 Å². The van der Waals surface area contributed by atoms with Gasteiger partial charge < -0.3 is 11.1 Å². The van der Waals surface area contributed by atoms with E-state index in [2.05, 4.69) is 5.32 Å². The minimum absolute atomic E-state index is 0.522. The molecule has 0 spiro atoms. The molecule has 0 fully saturated rings. The highest BCUT2D eigenvalue weighted by atomic mass is 16.1. The molecule has 8 heavy (non-hydrogen) atoms. The van der Waals surface area contributed by atoms with Gasteiger partial charge in [-0.3, -0.25) is 4.79 Å². The number of rotatable bonds is 2. The third kappa shape index (κ3) is 2.03. The maximum absolute atomic E-state index is 10.1. The smallest absolute Gasteiger partial charge is 0.240 e. The van der Waals surface area contributed by atoms with Crippen molar-refractivity contribution < 1.29 is 4.79 Å². The molecule has 0 heterocycles. The van der Waals surface area contributed by atoms with Gasteiger partial charge in [-0.1, -0.05) is 0 Å². The van der Waals surface area contributed by atoms with Gasteiger partial charge in [0, 0.05) is 0 Å². The maximum Gasteiger partial charge on any atom is 0.240 e. The van der Waals surface area contributed by atoms with Crippen molar-refractivity contribution in [2.45, 2.75) is 13.0 Å². The van der Waals surface area contributed by atoms with Crippen molar-refractivity contribution >= 4 is 5.91 Å². The lowest BCUT2D eigenvalue weighted by Crippen LogP contribution is -2.35. The van der Waals surface area contributed by atoms with E-state index in [-0.39, 0.29) is 0 Å². The minimum atomic E-state index is -0.556. The summed E-state index contributed by atoms with van der Waals surface area (Å²) >= 11 is 0. The van der Waals surface area contributed by atoms with Crippen LogP contribution < -0.4 is 11.1 Å². The van der Waals surface area contributed by atoms with Gasteiger partial charge in [-0.25, -0.2) is 0 Å². The zero-order valence-electron chi connectivity index (χ0n) is 4.51. The summed E-state index contributed by atoms with van der Waals surface area (Å²) in [5.41, 5.74) is 4.77. The Labute approximate surface area is 47.3 Å². The lowest BCUT2D eigenvalue weighted by Gasteiger charge is -1.99. The van der Waals surface area contributed by atoms with E-state index >= 15 is 0 Å². The van der Waals surface area contributed by atoms with Gasteiger partial charge in [-0.2, -0.15) is 5.26 Å². The van der Waals surface area contributed by atoms with E-state index in [9.17, 15) is 4.79 Å². The Balaban J connectivity index is 3.52. The van der Waals surface area contributed by atoms with Crippen LogP contribution in [0, 0.1) is 11.5 Å². The number of hydrogen-bond donors (Lipinski definition) is 2. The fraction of sp³-hybridized carbons (Fsp3) is 0.500. The molecule has 0 aromatic carbocycles. The molecule has 0 aromatic rings. The van der Waals surface area contributed by atoms with Crippen molar-refractivity contribution in [1.82, 2.24) is 5.32 Å². The second-order valence-electron chi connectivity index (χ2n) is 1.38. The minimum Gasteiger partial charge on any atom is -0.368 e. The standard InChI is InChI=1S/C4H7N3O/c1-3(4(6)8)7-2-5/h3,7H,1H3,(H2,6,8). The molecule has 3 N–H and O–H groups in total. The van der Waals surface area contributed by atoms with Crippen LogP contribution in [0.4, 0.5) is 0 Å². The fourth-order valence-corrected chi connectivity index (χ4v) is 0.168. The van der Waals surface area contributed by atoms with E-state index in [1.807, 2.05) is 0 Å². The Morgan fingerprint density at radius 3 is 2.62 bits per heavy atom. The van der Waals surface area contributed by atoms with Crippen LogP contribution in [-0.4, -0.2) is 11.9 Å². The Morgan fingerprint density at radius 2 is 2.50 bits per heavy atom. The summed E-state index contributed by atoms with van der Waals surface area (Å²) in [6.45, 7) is 1.52. The van der Waals surface area contributed by atoms with Gasteiger partial charge in [-0.05, 0) is 6.92 Å². The van der Waals surface area contributed by atoms with Gasteiger partial charge in [0.05, 0.1) is 0 Å². The first-order chi connectivity index (χ1) is 3.68. The lowest BCUT2D eigenvalue weighted by atomic mass is 10.3. The number of carbonyl (C=O) groups excluding carboxylic acids is 1. The SMILES string of the molecule is CC(NC#N)C(N)=O. The van der Waals surface area contributed by atoms with Crippen molar-refractivity contribution in [2.75, 3.05) is 0 Å². The summed E-state index contributed by atoms with van der Waals surface area (Å²) in [5.74, 6) is -0.522. The topological polar surface area (TPSA) is 78.9 Å². The average Bonchev–Trinajstić information content (AvgIpc) is 1.67. The molecule has 0 aliphatic carbocycles. The first-order valence-corrected chi connectivity index (χ1v) is 2.12. The Hall–Kier alpha value is -1.24. The number of hydrogen-bond acceptors (Lipinski definition) is 3. The highest BCUT2D eigenvalue weighted by Gasteiger charge is 2.03. The largest absolute Gasteiger partial charge is 0.368 e. The number of carbonyl (C=O) groups is 1. The van der Waals surface area contributed by atoms with Crippen molar-refractivity contribution in [3.8, 4) is 6.19 Å². The van der Waals surface area contributed by atoms with Crippen LogP contribution in [0.25, 0.3) is 0 Å². The summed E-state index contributed by atoms with van der Waals surface area (Å²) in [6, 6.07) is -0.556. The lowest BCUT2D eigenvalue weighted by molar-refractivity contribution is -0.119. The summed E-state index contributed by atoms with van der Waals surface area (Å²) in [4.78, 5) is 10.1. The molecule has 0 aliphatic heterocycles. The molecule has 4 nitrogen and oxygen atoms in total. The first-order valence-electron chi connectivity index (χ1n) is 2.12. The number of nitrogens with two attached hydrogens (primary N) is 1. The summed E-state index contributed by atoms with van der Waals surface area (Å²) in [5, 5.41) is 10.1. The number of nitrogens with one attached hydrogen (secondary N) is 1. The van der Waals surface area contributed by atoms with Gasteiger partial charge in [0.2, 0.25) is 5.91 Å². The average molecular weight is 113 g/mol. The molecule has 4 heteroatoms. The fourth-order valence-electron chi connectivity index (χ4n) is 0.168. The van der Waals surface area contributed by atoms with Gasteiger partial charge in [0.15, 0.2) is 6.19 Å². The second kappa shape index (κ2) is 2.86. The van der Waals surface area contributed by atoms with Crippen LogP contribution >= 0.6 is 0 Å². The number of nitrogens with zero attached hydrogens (tertiary/aromatic N) is 1. The molecule has 1 unspecified atom stereocenters. The quantitative estimate of drug-likeness (QED) is 0.353. The number of amides is 1. The maximum atomic E-state index is 10.1. The summed E-state index contributed by atoms with van der Waals surface area (Å²) < 4.78 is 0. The third-order valence-electron chi connectivity index (χ3n) is 0.708. The Morgan fingerprint density at radius 1 is 2.00 bits per heavy atom. The van der Waals surface area contributed by atoms with E-state index in [0.29, 0.717) is 0 Å². The van der Waals surface area contributed by atoms with E-state index in [4.69, 9.17) is 11.0 Å². The van der Waals surface area contributed by atoms with E-state index in [1.54, 1.807) is 6.19 Å². The highest BCUT2D eigenvalue weighted by molar-refractivity contribution is 5.79. The molecule has 0 bridgehead atoms. The highest BCUT2D eigenvalue weighted by Crippen LogP contribution is 1.73. The predicted octanol–water partition coefficient (Wildman–Crippen LogP) is -1.07. The molecule has 0 rings (SSSR count). The van der Waals surface area contributed by atoms with Crippen LogP contribution in [0.3, 0.4) is 0 Å². The van der Waals surface area contributed by atoms with Crippen molar-refractivity contribution in [1.29, 1.82) is 5.26 Å². The van der Waals surface area contributed by atoms with E-state index in [1.165, 1.54) is 6.92 Å². The zero-order valence-corrected chi connectivity index (χ0v) is 4.51. The zero-order chi connectivity index (χ0) is 6.57. The number of nitriles is 1. The molecular weight excluding hydrogens is 106 g/mol. The van der Waals surface area contributed by atoms with E-state index < -0.39 is 11.9 Å². The molecule has 1 atom stereocenters. The van der Waals surface area contributed by atoms with Crippen molar-refractivity contribution in [3.05, 3.63) is 0 Å². The predicted molar refractivity (Wildman–Crippen MR) is 27.4 cm³/mol. The third-order valence-corrected chi connectivity index (χ3v) is 0.708. The number of primary amides is 1. The second-order valence-corrected chi connectivity index (χ2v) is 1.38. The molecule has 0 radical (unpaired) electrons. The van der Waals surface area contributed by atoms with Gasteiger partial charge >= 0.3 is 0 Å². The van der Waals surface area contributed by atoms with Gasteiger partial charge in [-0.15, -0.1) is 0 Å². The van der Waals surface area contributed by atoms with Gasteiger partial charge in [0.1, 0.15) is 6.04 Å². The molecular formula is C4H7N3O. The monoisotopic (exact) mass is 113 g/mol. The van der Waals surface area contributed by atoms with Crippen LogP contribution in [0.1, 0.15) is 6.92 Å². The normalized spacial score (nSPS) is 11.5. The summed E-state index contributed by atoms with van der Waals surface area (Å²) in [6.07, 6.45) is 1.60. The Kier molecular flexibility index (Phi) is 2.41. The first kappa shape index (κ1) is 6.76. The van der Waals surface area contributed by atoms with E-state index in [0.717, 1.165) is 0 Å². The van der Waals surface area contributed by atoms with Crippen LogP contribution in [0.5, 0.6) is 0 Å². The Bertz CT molecular complexity index is 126. The summed E-state index contributed by atoms with van der Waals surface area (Å²) in [7, 11) is 0.